The van der Waals surface area contributed by atoms with E-state index in [9.17, 15) is 0 Å². The number of aromatic nitrogens is 6. The minimum atomic E-state index is 0.233. The minimum absolute atomic E-state index is 0.233. The van der Waals surface area contributed by atoms with Crippen molar-refractivity contribution in [3.05, 3.63) is 65.5 Å². The molecule has 8 heteroatoms. The summed E-state index contributed by atoms with van der Waals surface area (Å²) in [6, 6.07) is 16.9. The van der Waals surface area contributed by atoms with E-state index in [2.05, 4.69) is 25.6 Å². The largest absolute Gasteiger partial charge is 0.419 e. The average molecular weight is 339 g/mol. The normalized spacial score (nSPS) is 10.9. The van der Waals surface area contributed by atoms with Gasteiger partial charge in [0.15, 0.2) is 0 Å². The van der Waals surface area contributed by atoms with E-state index in [1.807, 2.05) is 48.5 Å². The van der Waals surface area contributed by atoms with Crippen LogP contribution in [0.1, 0.15) is 5.89 Å². The lowest BCUT2D eigenvalue weighted by Gasteiger charge is -1.97. The standard InChI is InChI=1S/C16H11ClN6O/c17-13-9-5-4-8-12(13)16-20-18-14(24-16)10-23-21-15(19-22-23)11-6-2-1-3-7-11/h1-9H,10H2. The summed E-state index contributed by atoms with van der Waals surface area (Å²) in [5.74, 6) is 1.28. The number of benzene rings is 2. The van der Waals surface area contributed by atoms with Gasteiger partial charge in [-0.15, -0.1) is 20.4 Å². The fourth-order valence-electron chi connectivity index (χ4n) is 2.19. The van der Waals surface area contributed by atoms with Gasteiger partial charge in [-0.1, -0.05) is 54.1 Å². The van der Waals surface area contributed by atoms with Crippen LogP contribution in [0.5, 0.6) is 0 Å². The second-order valence-corrected chi connectivity index (χ2v) is 5.40. The van der Waals surface area contributed by atoms with Crippen LogP contribution in [0.4, 0.5) is 0 Å². The van der Waals surface area contributed by atoms with E-state index in [0.29, 0.717) is 28.2 Å². The molecule has 0 atom stereocenters. The number of halogens is 1. The molecule has 2 aromatic heterocycles. The fraction of sp³-hybridized carbons (Fsp3) is 0.0625. The molecule has 24 heavy (non-hydrogen) atoms. The molecule has 118 valence electrons. The van der Waals surface area contributed by atoms with Crippen molar-refractivity contribution in [1.82, 2.24) is 30.4 Å². The van der Waals surface area contributed by atoms with Crippen LogP contribution in [0.2, 0.25) is 5.02 Å². The molecule has 4 rings (SSSR count). The molecule has 0 fully saturated rings. The number of hydrogen-bond donors (Lipinski definition) is 0. The highest BCUT2D eigenvalue weighted by Crippen LogP contribution is 2.26. The lowest BCUT2D eigenvalue weighted by molar-refractivity contribution is 0.446. The molecular formula is C16H11ClN6O. The molecule has 0 bridgehead atoms. The van der Waals surface area contributed by atoms with Gasteiger partial charge in [0.05, 0.1) is 10.6 Å². The van der Waals surface area contributed by atoms with Crippen molar-refractivity contribution in [3.63, 3.8) is 0 Å². The third-order valence-electron chi connectivity index (χ3n) is 3.33. The molecule has 0 spiro atoms. The highest BCUT2D eigenvalue weighted by molar-refractivity contribution is 6.33. The van der Waals surface area contributed by atoms with Crippen molar-refractivity contribution >= 4 is 11.6 Å². The molecule has 0 aliphatic carbocycles. The first-order chi connectivity index (χ1) is 11.8. The summed E-state index contributed by atoms with van der Waals surface area (Å²) in [5, 5.41) is 20.9. The van der Waals surface area contributed by atoms with Gasteiger partial charge in [-0.25, -0.2) is 0 Å². The summed E-state index contributed by atoms with van der Waals surface area (Å²) in [6.07, 6.45) is 0. The fourth-order valence-corrected chi connectivity index (χ4v) is 2.41. The van der Waals surface area contributed by atoms with Crippen molar-refractivity contribution in [1.29, 1.82) is 0 Å². The van der Waals surface area contributed by atoms with E-state index in [4.69, 9.17) is 16.0 Å². The Balaban J connectivity index is 1.55. The number of rotatable bonds is 4. The zero-order valence-electron chi connectivity index (χ0n) is 12.4. The van der Waals surface area contributed by atoms with Crippen LogP contribution in [-0.2, 0) is 6.54 Å². The summed E-state index contributed by atoms with van der Waals surface area (Å²) < 4.78 is 5.63. The first-order valence-corrected chi connectivity index (χ1v) is 7.58. The Morgan fingerprint density at radius 2 is 1.71 bits per heavy atom. The predicted molar refractivity (Wildman–Crippen MR) is 87.1 cm³/mol. The lowest BCUT2D eigenvalue weighted by Crippen LogP contribution is -2.04. The number of hydrogen-bond acceptors (Lipinski definition) is 6. The molecule has 2 aromatic carbocycles. The van der Waals surface area contributed by atoms with Crippen LogP contribution in [-0.4, -0.2) is 30.4 Å². The van der Waals surface area contributed by atoms with Gasteiger partial charge in [0.2, 0.25) is 17.6 Å². The van der Waals surface area contributed by atoms with Crippen molar-refractivity contribution in [2.24, 2.45) is 0 Å². The van der Waals surface area contributed by atoms with Gasteiger partial charge in [-0.2, -0.15) is 4.80 Å². The zero-order valence-corrected chi connectivity index (χ0v) is 13.1. The monoisotopic (exact) mass is 338 g/mol. The number of nitrogens with zero attached hydrogens (tertiary/aromatic N) is 6. The van der Waals surface area contributed by atoms with E-state index in [1.165, 1.54) is 4.80 Å². The van der Waals surface area contributed by atoms with Crippen molar-refractivity contribution in [3.8, 4) is 22.8 Å². The maximum atomic E-state index is 6.13. The molecule has 7 nitrogen and oxygen atoms in total. The molecular weight excluding hydrogens is 328 g/mol. The Bertz CT molecular complexity index is 965. The van der Waals surface area contributed by atoms with Gasteiger partial charge in [0, 0.05) is 5.56 Å². The SMILES string of the molecule is Clc1ccccc1-c1nnc(Cn2nnc(-c3ccccc3)n2)o1. The number of tetrazole rings is 1. The summed E-state index contributed by atoms with van der Waals surface area (Å²) in [7, 11) is 0. The van der Waals surface area contributed by atoms with Crippen molar-refractivity contribution in [2.45, 2.75) is 6.54 Å². The second-order valence-electron chi connectivity index (χ2n) is 4.99. The Kier molecular flexibility index (Phi) is 3.76. The van der Waals surface area contributed by atoms with Crippen LogP contribution in [0.3, 0.4) is 0 Å². The first kappa shape index (κ1) is 14.5. The first-order valence-electron chi connectivity index (χ1n) is 7.20. The van der Waals surface area contributed by atoms with Gasteiger partial charge >= 0.3 is 0 Å². The second kappa shape index (κ2) is 6.21. The molecule has 0 saturated carbocycles. The van der Waals surface area contributed by atoms with E-state index in [1.54, 1.807) is 6.07 Å². The minimum Gasteiger partial charge on any atom is -0.419 e. The van der Waals surface area contributed by atoms with Gasteiger partial charge in [-0.3, -0.25) is 0 Å². The molecule has 4 aromatic rings. The van der Waals surface area contributed by atoms with E-state index in [-0.39, 0.29) is 6.54 Å². The van der Waals surface area contributed by atoms with Crippen molar-refractivity contribution < 1.29 is 4.42 Å². The average Bonchev–Trinajstić information content (AvgIpc) is 3.26. The zero-order chi connectivity index (χ0) is 16.4. The Labute approximate surface area is 141 Å². The third kappa shape index (κ3) is 2.89. The highest BCUT2D eigenvalue weighted by Gasteiger charge is 2.13. The molecule has 0 aliphatic rings. The van der Waals surface area contributed by atoms with E-state index < -0.39 is 0 Å². The van der Waals surface area contributed by atoms with Crippen LogP contribution in [0.15, 0.2) is 59.0 Å². The smallest absolute Gasteiger partial charge is 0.249 e. The molecule has 2 heterocycles. The van der Waals surface area contributed by atoms with Crippen LogP contribution < -0.4 is 0 Å². The highest BCUT2D eigenvalue weighted by atomic mass is 35.5. The Morgan fingerprint density at radius 1 is 0.917 bits per heavy atom. The van der Waals surface area contributed by atoms with Crippen LogP contribution in [0, 0.1) is 0 Å². The third-order valence-corrected chi connectivity index (χ3v) is 3.66. The van der Waals surface area contributed by atoms with Crippen LogP contribution in [0.25, 0.3) is 22.8 Å². The molecule has 0 saturated heterocycles. The van der Waals surface area contributed by atoms with Gasteiger partial charge in [-0.05, 0) is 17.3 Å². The summed E-state index contributed by atoms with van der Waals surface area (Å²) in [5.41, 5.74) is 1.58. The molecule has 0 radical (unpaired) electrons. The maximum Gasteiger partial charge on any atom is 0.249 e. The van der Waals surface area contributed by atoms with Gasteiger partial charge < -0.3 is 4.42 Å². The van der Waals surface area contributed by atoms with Crippen molar-refractivity contribution in [2.75, 3.05) is 0 Å². The lowest BCUT2D eigenvalue weighted by atomic mass is 10.2. The Hall–Kier alpha value is -3.06. The van der Waals surface area contributed by atoms with E-state index >= 15 is 0 Å². The predicted octanol–water partition coefficient (Wildman–Crippen LogP) is 3.09. The summed E-state index contributed by atoms with van der Waals surface area (Å²) in [4.78, 5) is 1.41. The van der Waals surface area contributed by atoms with Crippen LogP contribution >= 0.6 is 11.6 Å². The molecule has 0 amide bonds. The summed E-state index contributed by atoms with van der Waals surface area (Å²) >= 11 is 6.13. The molecule has 0 N–H and O–H groups in total. The topological polar surface area (TPSA) is 82.5 Å². The van der Waals surface area contributed by atoms with E-state index in [0.717, 1.165) is 5.56 Å². The van der Waals surface area contributed by atoms with Gasteiger partial charge in [0.25, 0.3) is 0 Å². The summed E-state index contributed by atoms with van der Waals surface area (Å²) in [6.45, 7) is 0.233. The Morgan fingerprint density at radius 3 is 2.54 bits per heavy atom. The van der Waals surface area contributed by atoms with Gasteiger partial charge in [0.1, 0.15) is 6.54 Å². The molecule has 0 aliphatic heterocycles. The molecule has 0 unspecified atom stereocenters. The quantitative estimate of drug-likeness (QED) is 0.568. The maximum absolute atomic E-state index is 6.13.